The van der Waals surface area contributed by atoms with Crippen LogP contribution in [-0.2, 0) is 59.8 Å². The molecule has 5 atom stereocenters. The minimum absolute atomic E-state index is 0.354. The minimum Gasteiger partial charge on any atom is -0.494 e. The number of hydrogen-bond acceptors (Lipinski definition) is 11. The van der Waals surface area contributed by atoms with E-state index in [2.05, 4.69) is 0 Å². The second kappa shape index (κ2) is 14.5. The first-order chi connectivity index (χ1) is 19.9. The molecule has 1 unspecified atom stereocenters. The highest BCUT2D eigenvalue weighted by Crippen LogP contribution is 2.44. The van der Waals surface area contributed by atoms with Crippen LogP contribution < -0.4 is 4.74 Å². The number of hydrogen-bond donors (Lipinski definition) is 0. The van der Waals surface area contributed by atoms with Gasteiger partial charge in [0.2, 0.25) is 11.9 Å². The van der Waals surface area contributed by atoms with E-state index < -0.39 is 60.7 Å². The third-order valence-electron chi connectivity index (χ3n) is 6.42. The average molecular weight is 607 g/mol. The normalized spacial score (nSPS) is 23.4. The summed E-state index contributed by atoms with van der Waals surface area (Å²) in [6.45, 7) is 6.72. The standard InChI is InChI=1S/C30H35ClO11/c1-7-37-24-11-8-21(9-12-24)14-22-15-23(10-13-25(22)31)30(36-6)29(41-20(5)35)28(40-19(4)34)27(39-18(3)33)26(42-30)16-38-17(2)32/h8-13,15,26-29H,7,14,16H2,1-6H3/t26?,27-,28+,29-,30+/m1/s1. The van der Waals surface area contributed by atoms with E-state index in [4.69, 9.17) is 44.8 Å². The molecular weight excluding hydrogens is 572 g/mol. The largest absolute Gasteiger partial charge is 0.494 e. The van der Waals surface area contributed by atoms with Crippen molar-refractivity contribution < 1.29 is 52.3 Å². The highest BCUT2D eigenvalue weighted by atomic mass is 35.5. The quantitative estimate of drug-likeness (QED) is 0.272. The Morgan fingerprint density at radius 1 is 0.857 bits per heavy atom. The number of carbonyl (C=O) groups is 4. The number of carbonyl (C=O) groups excluding carboxylic acids is 4. The maximum absolute atomic E-state index is 12.4. The van der Waals surface area contributed by atoms with Crippen molar-refractivity contribution >= 4 is 35.5 Å². The molecule has 1 aliphatic heterocycles. The summed E-state index contributed by atoms with van der Waals surface area (Å²) >= 11 is 6.59. The molecule has 2 aromatic rings. The Morgan fingerprint density at radius 3 is 2.02 bits per heavy atom. The Hall–Kier alpha value is -3.67. The number of methoxy groups -OCH3 is 1. The van der Waals surface area contributed by atoms with Crippen molar-refractivity contribution in [2.75, 3.05) is 20.3 Å². The summed E-state index contributed by atoms with van der Waals surface area (Å²) in [5.74, 6) is -4.03. The molecule has 0 bridgehead atoms. The molecule has 2 aromatic carbocycles. The zero-order valence-electron chi connectivity index (χ0n) is 24.3. The van der Waals surface area contributed by atoms with Crippen LogP contribution in [0.5, 0.6) is 5.75 Å². The van der Waals surface area contributed by atoms with Gasteiger partial charge >= 0.3 is 23.9 Å². The number of esters is 4. The van der Waals surface area contributed by atoms with Crippen LogP contribution in [0.2, 0.25) is 5.02 Å². The summed E-state index contributed by atoms with van der Waals surface area (Å²) in [5.41, 5.74) is 1.97. The summed E-state index contributed by atoms with van der Waals surface area (Å²) in [6.07, 6.45) is -4.97. The van der Waals surface area contributed by atoms with E-state index in [1.807, 2.05) is 31.2 Å². The van der Waals surface area contributed by atoms with E-state index in [9.17, 15) is 19.2 Å². The molecule has 0 spiro atoms. The maximum atomic E-state index is 12.4. The van der Waals surface area contributed by atoms with Gasteiger partial charge in [-0.2, -0.15) is 0 Å². The predicted octanol–water partition coefficient (Wildman–Crippen LogP) is 3.89. The third kappa shape index (κ3) is 7.99. The van der Waals surface area contributed by atoms with E-state index in [0.29, 0.717) is 29.2 Å². The van der Waals surface area contributed by atoms with Crippen molar-refractivity contribution in [2.24, 2.45) is 0 Å². The Kier molecular flexibility index (Phi) is 11.3. The van der Waals surface area contributed by atoms with Crippen LogP contribution in [0.4, 0.5) is 0 Å². The Morgan fingerprint density at radius 2 is 1.48 bits per heavy atom. The minimum atomic E-state index is -1.91. The van der Waals surface area contributed by atoms with E-state index in [-0.39, 0.29) is 0 Å². The molecule has 11 nitrogen and oxygen atoms in total. The van der Waals surface area contributed by atoms with Crippen molar-refractivity contribution in [3.63, 3.8) is 0 Å². The van der Waals surface area contributed by atoms with Gasteiger partial charge in [-0.1, -0.05) is 29.8 Å². The molecule has 0 amide bonds. The molecule has 12 heteroatoms. The number of ether oxygens (including phenoxy) is 7. The van der Waals surface area contributed by atoms with E-state index >= 15 is 0 Å². The van der Waals surface area contributed by atoms with E-state index in [1.54, 1.807) is 18.2 Å². The molecule has 0 saturated carbocycles. The Labute approximate surface area is 249 Å². The van der Waals surface area contributed by atoms with Crippen molar-refractivity contribution in [3.8, 4) is 5.75 Å². The van der Waals surface area contributed by atoms with Gasteiger partial charge in [0.15, 0.2) is 12.2 Å². The number of benzene rings is 2. The Bertz CT molecular complexity index is 1280. The van der Waals surface area contributed by atoms with Crippen molar-refractivity contribution in [1.82, 2.24) is 0 Å². The zero-order chi connectivity index (χ0) is 31.0. The first kappa shape index (κ1) is 32.8. The topological polar surface area (TPSA) is 133 Å². The van der Waals surface area contributed by atoms with E-state index in [1.165, 1.54) is 14.0 Å². The highest BCUT2D eigenvalue weighted by Gasteiger charge is 2.61. The van der Waals surface area contributed by atoms with Crippen LogP contribution in [0.25, 0.3) is 0 Å². The first-order valence-corrected chi connectivity index (χ1v) is 13.7. The molecular formula is C30H35ClO11. The van der Waals surface area contributed by atoms with Crippen LogP contribution in [0.1, 0.15) is 51.3 Å². The molecule has 228 valence electrons. The van der Waals surface area contributed by atoms with Gasteiger partial charge in [-0.3, -0.25) is 19.2 Å². The van der Waals surface area contributed by atoms with Crippen LogP contribution >= 0.6 is 11.6 Å². The van der Waals surface area contributed by atoms with Crippen LogP contribution in [0, 0.1) is 0 Å². The van der Waals surface area contributed by atoms with Crippen molar-refractivity contribution in [3.05, 3.63) is 64.2 Å². The molecule has 0 radical (unpaired) electrons. The van der Waals surface area contributed by atoms with Gasteiger partial charge in [-0.05, 0) is 48.7 Å². The Balaban J connectivity index is 2.15. The lowest BCUT2D eigenvalue weighted by Gasteiger charge is -2.50. The fraction of sp³-hybridized carbons (Fsp3) is 0.467. The molecule has 0 aromatic heterocycles. The third-order valence-corrected chi connectivity index (χ3v) is 6.79. The molecule has 1 fully saturated rings. The first-order valence-electron chi connectivity index (χ1n) is 13.3. The van der Waals surface area contributed by atoms with Gasteiger partial charge < -0.3 is 33.2 Å². The summed E-state index contributed by atoms with van der Waals surface area (Å²) in [5, 5.41) is 0.449. The molecule has 3 rings (SSSR count). The molecule has 1 aliphatic rings. The molecule has 42 heavy (non-hydrogen) atoms. The van der Waals surface area contributed by atoms with Crippen LogP contribution in [-0.4, -0.2) is 68.6 Å². The monoisotopic (exact) mass is 606 g/mol. The number of rotatable bonds is 11. The van der Waals surface area contributed by atoms with Crippen molar-refractivity contribution in [1.29, 1.82) is 0 Å². The predicted molar refractivity (Wildman–Crippen MR) is 149 cm³/mol. The average Bonchev–Trinajstić information content (AvgIpc) is 2.92. The van der Waals surface area contributed by atoms with Gasteiger partial charge in [0, 0.05) is 45.4 Å². The zero-order valence-corrected chi connectivity index (χ0v) is 25.1. The second-order valence-corrected chi connectivity index (χ2v) is 9.98. The highest BCUT2D eigenvalue weighted by molar-refractivity contribution is 6.31. The van der Waals surface area contributed by atoms with Gasteiger partial charge in [-0.25, -0.2) is 0 Å². The van der Waals surface area contributed by atoms with Gasteiger partial charge in [0.25, 0.3) is 0 Å². The van der Waals surface area contributed by atoms with Crippen LogP contribution in [0.3, 0.4) is 0 Å². The smallest absolute Gasteiger partial charge is 0.303 e. The summed E-state index contributed by atoms with van der Waals surface area (Å²) < 4.78 is 39.8. The molecule has 0 aliphatic carbocycles. The summed E-state index contributed by atoms with van der Waals surface area (Å²) in [7, 11) is 1.32. The SMILES string of the molecule is CCOc1ccc(Cc2cc([C@]3(OC)OC(COC(C)=O)[C@@H](OC(C)=O)[C@H](OC(C)=O)[C@H]3OC(C)=O)ccc2Cl)cc1. The van der Waals surface area contributed by atoms with E-state index in [0.717, 1.165) is 32.1 Å². The molecule has 1 heterocycles. The van der Waals surface area contributed by atoms with Crippen molar-refractivity contribution in [2.45, 2.75) is 71.2 Å². The fourth-order valence-electron chi connectivity index (χ4n) is 4.80. The summed E-state index contributed by atoms with van der Waals surface area (Å²) in [6, 6.07) is 12.5. The maximum Gasteiger partial charge on any atom is 0.303 e. The number of halogens is 1. The second-order valence-electron chi connectivity index (χ2n) is 9.57. The van der Waals surface area contributed by atoms with Crippen LogP contribution in [0.15, 0.2) is 42.5 Å². The van der Waals surface area contributed by atoms with Gasteiger partial charge in [-0.15, -0.1) is 0 Å². The fourth-order valence-corrected chi connectivity index (χ4v) is 4.98. The molecule has 1 saturated heterocycles. The lowest BCUT2D eigenvalue weighted by Crippen LogP contribution is -2.67. The lowest BCUT2D eigenvalue weighted by atomic mass is 9.86. The summed E-state index contributed by atoms with van der Waals surface area (Å²) in [4.78, 5) is 48.4. The molecule has 0 N–H and O–H groups in total. The van der Waals surface area contributed by atoms with Gasteiger partial charge in [0.1, 0.15) is 18.5 Å². The lowest BCUT2D eigenvalue weighted by molar-refractivity contribution is -0.367. The van der Waals surface area contributed by atoms with Gasteiger partial charge in [0.05, 0.1) is 6.61 Å².